The second-order valence-electron chi connectivity index (χ2n) is 15.6. The summed E-state index contributed by atoms with van der Waals surface area (Å²) in [5.74, 6) is 0. The van der Waals surface area contributed by atoms with Crippen LogP contribution in [0, 0.1) is 0 Å². The maximum atomic E-state index is 5.25. The van der Waals surface area contributed by atoms with Gasteiger partial charge in [-0.1, -0.05) is 0 Å². The fourth-order valence-corrected chi connectivity index (χ4v) is 5.09. The van der Waals surface area contributed by atoms with Crippen molar-refractivity contribution in [2.45, 2.75) is 125 Å². The van der Waals surface area contributed by atoms with E-state index < -0.39 is 0 Å². The van der Waals surface area contributed by atoms with E-state index >= 15 is 0 Å². The van der Waals surface area contributed by atoms with Gasteiger partial charge in [-0.05, 0) is 136 Å². The fraction of sp³-hybridized carbons (Fsp3) is 1.00. The Morgan fingerprint density at radius 2 is 0.658 bits per heavy atom. The van der Waals surface area contributed by atoms with E-state index in [1.807, 2.05) is 0 Å². The van der Waals surface area contributed by atoms with Gasteiger partial charge in [-0.3, -0.25) is 19.6 Å². The van der Waals surface area contributed by atoms with Crippen LogP contribution >= 0.6 is 0 Å². The highest BCUT2D eigenvalue weighted by Gasteiger charge is 2.26. The first-order valence-corrected chi connectivity index (χ1v) is 15.6. The topological polar surface area (TPSA) is 25.4 Å². The summed E-state index contributed by atoms with van der Waals surface area (Å²) in [5, 5.41) is 0. The number of likely N-dealkylation sites (N-methyl/N-ethyl adjacent to an activating group) is 1. The van der Waals surface area contributed by atoms with E-state index in [1.54, 1.807) is 0 Å². The monoisotopic (exact) mass is 540 g/mol. The molecule has 4 saturated heterocycles. The Morgan fingerprint density at radius 1 is 0.368 bits per heavy atom. The summed E-state index contributed by atoms with van der Waals surface area (Å²) < 4.78 is 5.25. The third-order valence-electron chi connectivity index (χ3n) is 8.27. The molecule has 6 nitrogen and oxygen atoms in total. The standard InChI is InChI=1S/C9H20N2.C8H17NO.C8H17N.C7H15N/c1-9(2,3)11-7-5-10(4)6-8-11;1-8(2,3)9-4-6-10-7-5-9;1-8(2,3)9-6-4-5-7-9;1-7(2,3)8-5-4-6-8/h5-8H2,1-4H3;4-7H2,1-3H3;4-7H2,1-3H3;4-6H2,1-3H3. The molecule has 4 fully saturated rings. The van der Waals surface area contributed by atoms with Crippen molar-refractivity contribution in [2.24, 2.45) is 0 Å². The summed E-state index contributed by atoms with van der Waals surface area (Å²) in [7, 11) is 2.19. The predicted molar refractivity (Wildman–Crippen MR) is 167 cm³/mol. The van der Waals surface area contributed by atoms with E-state index in [0.29, 0.717) is 22.2 Å². The molecule has 228 valence electrons. The van der Waals surface area contributed by atoms with E-state index in [-0.39, 0.29) is 0 Å². The minimum absolute atomic E-state index is 0.323. The number of hydrogen-bond donors (Lipinski definition) is 0. The Bertz CT molecular complexity index is 602. The Kier molecular flexibility index (Phi) is 14.8. The lowest BCUT2D eigenvalue weighted by Gasteiger charge is -2.42. The molecular formula is C32H69N5O. The molecule has 0 aliphatic carbocycles. The van der Waals surface area contributed by atoms with E-state index in [2.05, 4.69) is 115 Å². The van der Waals surface area contributed by atoms with Gasteiger partial charge in [0, 0.05) is 61.4 Å². The van der Waals surface area contributed by atoms with Crippen molar-refractivity contribution in [3.8, 4) is 0 Å². The van der Waals surface area contributed by atoms with Crippen LogP contribution in [-0.2, 0) is 4.74 Å². The summed E-state index contributed by atoms with van der Waals surface area (Å²) in [6, 6.07) is 0. The highest BCUT2D eigenvalue weighted by molar-refractivity contribution is 4.82. The zero-order chi connectivity index (χ0) is 29.2. The predicted octanol–water partition coefficient (Wildman–Crippen LogP) is 5.52. The molecule has 38 heavy (non-hydrogen) atoms. The number of ether oxygens (including phenoxy) is 1. The number of morpholine rings is 1. The van der Waals surface area contributed by atoms with Gasteiger partial charge in [0.15, 0.2) is 0 Å². The molecule has 4 aliphatic heterocycles. The summed E-state index contributed by atoms with van der Waals surface area (Å²) in [6.45, 7) is 41.4. The molecule has 6 heteroatoms. The van der Waals surface area contributed by atoms with Gasteiger partial charge in [-0.2, -0.15) is 0 Å². The highest BCUT2D eigenvalue weighted by atomic mass is 16.5. The average molecular weight is 540 g/mol. The van der Waals surface area contributed by atoms with Crippen molar-refractivity contribution in [3.63, 3.8) is 0 Å². The molecule has 0 unspecified atom stereocenters. The third-order valence-corrected chi connectivity index (χ3v) is 8.27. The second-order valence-corrected chi connectivity index (χ2v) is 15.6. The van der Waals surface area contributed by atoms with Crippen LogP contribution in [0.3, 0.4) is 0 Å². The maximum absolute atomic E-state index is 5.25. The Labute approximate surface area is 239 Å². The van der Waals surface area contributed by atoms with Crippen LogP contribution < -0.4 is 0 Å². The Morgan fingerprint density at radius 3 is 0.895 bits per heavy atom. The molecule has 0 bridgehead atoms. The molecule has 4 rings (SSSR count). The van der Waals surface area contributed by atoms with E-state index in [9.17, 15) is 0 Å². The van der Waals surface area contributed by atoms with Crippen LogP contribution in [0.5, 0.6) is 0 Å². The van der Waals surface area contributed by atoms with Gasteiger partial charge in [-0.25, -0.2) is 0 Å². The van der Waals surface area contributed by atoms with Gasteiger partial charge in [0.05, 0.1) is 13.2 Å². The van der Waals surface area contributed by atoms with Gasteiger partial charge < -0.3 is 9.64 Å². The van der Waals surface area contributed by atoms with Crippen LogP contribution in [0.4, 0.5) is 0 Å². The smallest absolute Gasteiger partial charge is 0.0594 e. The minimum atomic E-state index is 0.323. The minimum Gasteiger partial charge on any atom is -0.379 e. The van der Waals surface area contributed by atoms with Crippen molar-refractivity contribution < 1.29 is 4.74 Å². The molecule has 4 heterocycles. The fourth-order valence-electron chi connectivity index (χ4n) is 5.09. The zero-order valence-electron chi connectivity index (χ0n) is 28.3. The van der Waals surface area contributed by atoms with Crippen molar-refractivity contribution in [3.05, 3.63) is 0 Å². The molecule has 0 N–H and O–H groups in total. The molecule has 0 spiro atoms. The van der Waals surface area contributed by atoms with E-state index in [4.69, 9.17) is 4.74 Å². The molecule has 0 atom stereocenters. The first kappa shape index (κ1) is 35.8. The Hall–Kier alpha value is -0.240. The van der Waals surface area contributed by atoms with Gasteiger partial charge >= 0.3 is 0 Å². The molecule has 0 aromatic heterocycles. The maximum Gasteiger partial charge on any atom is 0.0594 e. The highest BCUT2D eigenvalue weighted by Crippen LogP contribution is 2.20. The van der Waals surface area contributed by atoms with Gasteiger partial charge in [0.2, 0.25) is 0 Å². The summed E-state index contributed by atoms with van der Waals surface area (Å²) in [6.07, 6.45) is 4.20. The molecule has 0 aromatic rings. The van der Waals surface area contributed by atoms with Crippen LogP contribution in [-0.4, -0.2) is 132 Å². The van der Waals surface area contributed by atoms with Gasteiger partial charge in [-0.15, -0.1) is 0 Å². The number of piperazine rings is 1. The summed E-state index contributed by atoms with van der Waals surface area (Å²) in [5.41, 5.74) is 1.53. The van der Waals surface area contributed by atoms with Crippen molar-refractivity contribution in [2.75, 3.05) is 85.7 Å². The van der Waals surface area contributed by atoms with Crippen LogP contribution in [0.25, 0.3) is 0 Å². The molecule has 0 radical (unpaired) electrons. The number of nitrogens with zero attached hydrogens (tertiary/aromatic N) is 5. The third kappa shape index (κ3) is 14.4. The normalized spacial score (nSPS) is 23.3. The lowest BCUT2D eigenvalue weighted by molar-refractivity contribution is -0.00389. The van der Waals surface area contributed by atoms with Gasteiger partial charge in [0.1, 0.15) is 0 Å². The number of likely N-dealkylation sites (tertiary alicyclic amines) is 2. The van der Waals surface area contributed by atoms with Gasteiger partial charge in [0.25, 0.3) is 0 Å². The summed E-state index contributed by atoms with van der Waals surface area (Å²) >= 11 is 0. The lowest BCUT2D eigenvalue weighted by Crippen LogP contribution is -2.52. The van der Waals surface area contributed by atoms with Crippen molar-refractivity contribution in [1.82, 2.24) is 24.5 Å². The SMILES string of the molecule is CC(C)(C)N1CCC1.CC(C)(C)N1CCCC1.CC(C)(C)N1CCOCC1.CN1CCN(C(C)(C)C)CC1. The largest absolute Gasteiger partial charge is 0.379 e. The van der Waals surface area contributed by atoms with E-state index in [0.717, 1.165) is 26.3 Å². The van der Waals surface area contributed by atoms with Crippen LogP contribution in [0.1, 0.15) is 102 Å². The molecule has 0 saturated carbocycles. The molecule has 0 amide bonds. The van der Waals surface area contributed by atoms with Crippen LogP contribution in [0.2, 0.25) is 0 Å². The first-order valence-electron chi connectivity index (χ1n) is 15.6. The second kappa shape index (κ2) is 15.7. The quantitative estimate of drug-likeness (QED) is 0.402. The number of hydrogen-bond acceptors (Lipinski definition) is 6. The molecule has 4 aliphatic rings. The molecular weight excluding hydrogens is 470 g/mol. The first-order chi connectivity index (χ1) is 17.3. The lowest BCUT2D eigenvalue weighted by atomic mass is 10.0. The average Bonchev–Trinajstić information content (AvgIpc) is 3.28. The molecule has 0 aromatic carbocycles. The summed E-state index contributed by atoms with van der Waals surface area (Å²) in [4.78, 5) is 12.4. The Balaban J connectivity index is 0.000000255. The van der Waals surface area contributed by atoms with Crippen molar-refractivity contribution >= 4 is 0 Å². The number of rotatable bonds is 0. The van der Waals surface area contributed by atoms with E-state index in [1.165, 1.54) is 71.6 Å². The van der Waals surface area contributed by atoms with Crippen LogP contribution in [0.15, 0.2) is 0 Å². The zero-order valence-corrected chi connectivity index (χ0v) is 28.3. The van der Waals surface area contributed by atoms with Crippen molar-refractivity contribution in [1.29, 1.82) is 0 Å².